The summed E-state index contributed by atoms with van der Waals surface area (Å²) in [6.45, 7) is 8.35. The summed E-state index contributed by atoms with van der Waals surface area (Å²) in [5.74, 6) is 0. The number of hydrogen-bond donors (Lipinski definition) is 0. The number of hydrogen-bond acceptors (Lipinski definition) is 2. The van der Waals surface area contributed by atoms with Gasteiger partial charge in [0, 0.05) is 22.6 Å². The molecular weight excluding hydrogens is 550 g/mol. The zero-order chi connectivity index (χ0) is 22.2. The van der Waals surface area contributed by atoms with Crippen LogP contribution in [0, 0.1) is 0 Å². The topological polar surface area (TPSA) is 24.7 Å². The summed E-state index contributed by atoms with van der Waals surface area (Å²) in [7, 11) is 0. The van der Waals surface area contributed by atoms with Crippen LogP contribution in [0.1, 0.15) is 38.8 Å². The van der Waals surface area contributed by atoms with Gasteiger partial charge in [0.25, 0.3) is 0 Å². The maximum absolute atomic E-state index is 4.56. The fourth-order valence-electron chi connectivity index (χ4n) is 4.54. The molecule has 6 rings (SSSR count). The van der Waals surface area contributed by atoms with E-state index in [1.807, 2.05) is 26.0 Å². The van der Waals surface area contributed by atoms with Crippen LogP contribution in [-0.4, -0.2) is 11.4 Å². The maximum atomic E-state index is 4.56. The molecular formula is C30H26Cl2N2Zr. The van der Waals surface area contributed by atoms with Crippen LogP contribution < -0.4 is 24.8 Å². The zero-order valence-corrected chi connectivity index (χ0v) is 24.2. The van der Waals surface area contributed by atoms with Gasteiger partial charge >= 0.3 is 26.2 Å². The molecule has 2 aliphatic heterocycles. The molecule has 0 aromatic heterocycles. The molecule has 0 amide bonds. The monoisotopic (exact) mass is 574 g/mol. The molecule has 35 heavy (non-hydrogen) atoms. The number of allylic oxidation sites excluding steroid dienone is 8. The van der Waals surface area contributed by atoms with Gasteiger partial charge in [0.15, 0.2) is 0 Å². The fourth-order valence-corrected chi connectivity index (χ4v) is 4.54. The Morgan fingerprint density at radius 1 is 0.457 bits per heavy atom. The standard InChI is InChI=1S/2C15H13N.2ClH.Zr/c2*1-10-8-13(12-6-4-3-5-7-12)14-9-11(2)16-15(10)14;;;/h2*3-9H,1-2H3;2*1H;/q;;;;+2/p-2. The van der Waals surface area contributed by atoms with Crippen molar-refractivity contribution in [2.75, 3.05) is 0 Å². The Kier molecular flexibility index (Phi) is 9.98. The summed E-state index contributed by atoms with van der Waals surface area (Å²) in [5.41, 5.74) is 14.7. The third kappa shape index (κ3) is 5.75. The summed E-state index contributed by atoms with van der Waals surface area (Å²) in [6.07, 6.45) is 8.80. The fraction of sp³-hybridized carbons (Fsp3) is 0.133. The van der Waals surface area contributed by atoms with E-state index in [9.17, 15) is 0 Å². The van der Waals surface area contributed by atoms with Gasteiger partial charge in [-0.2, -0.15) is 0 Å². The largest absolute Gasteiger partial charge is 2.00 e. The average Bonchev–Trinajstić information content (AvgIpc) is 3.53. The van der Waals surface area contributed by atoms with E-state index in [1.165, 1.54) is 44.6 Å². The van der Waals surface area contributed by atoms with Crippen molar-refractivity contribution in [3.8, 4) is 0 Å². The number of halogens is 2. The number of aliphatic imine (C=N–C) groups is 2. The van der Waals surface area contributed by atoms with E-state index in [0.29, 0.717) is 0 Å². The molecule has 0 unspecified atom stereocenters. The van der Waals surface area contributed by atoms with Crippen molar-refractivity contribution in [2.45, 2.75) is 27.7 Å². The Labute approximate surface area is 239 Å². The third-order valence-electron chi connectivity index (χ3n) is 6.01. The Hall–Kier alpha value is -2.32. The van der Waals surface area contributed by atoms with Gasteiger partial charge in [0.05, 0.1) is 11.4 Å². The van der Waals surface area contributed by atoms with Crippen LogP contribution in [-0.2, 0) is 26.2 Å². The van der Waals surface area contributed by atoms with E-state index in [2.05, 4.69) is 96.7 Å². The predicted octanol–water partition coefficient (Wildman–Crippen LogP) is 1.52. The Bertz CT molecular complexity index is 1260. The van der Waals surface area contributed by atoms with Crippen molar-refractivity contribution in [3.63, 3.8) is 0 Å². The first-order valence-electron chi connectivity index (χ1n) is 11.0. The molecule has 0 saturated carbocycles. The molecule has 2 aromatic carbocycles. The SMILES string of the molecule is CC1=NC2=C(C)C=C(c3ccccc3)C2=C1.CC1=NC2=C(C)C=C(c3ccccc3)C2=C1.[Cl-].[Cl-].[Zr+2]. The van der Waals surface area contributed by atoms with Gasteiger partial charge in [0.1, 0.15) is 0 Å². The molecule has 2 nitrogen and oxygen atoms in total. The first-order chi connectivity index (χ1) is 15.5. The van der Waals surface area contributed by atoms with Crippen molar-refractivity contribution in [1.29, 1.82) is 0 Å². The van der Waals surface area contributed by atoms with Crippen LogP contribution in [0.15, 0.2) is 129 Å². The third-order valence-corrected chi connectivity index (χ3v) is 6.01. The van der Waals surface area contributed by atoms with Crippen molar-refractivity contribution in [3.05, 3.63) is 130 Å². The summed E-state index contributed by atoms with van der Waals surface area (Å²) >= 11 is 0. The number of nitrogens with zero attached hydrogens (tertiary/aromatic N) is 2. The van der Waals surface area contributed by atoms with Gasteiger partial charge in [-0.3, -0.25) is 9.98 Å². The van der Waals surface area contributed by atoms with Gasteiger partial charge in [0.2, 0.25) is 0 Å². The summed E-state index contributed by atoms with van der Waals surface area (Å²) in [6, 6.07) is 21.0. The number of rotatable bonds is 2. The molecule has 0 N–H and O–H groups in total. The second kappa shape index (κ2) is 12.1. The first-order valence-corrected chi connectivity index (χ1v) is 11.0. The Morgan fingerprint density at radius 2 is 0.800 bits per heavy atom. The molecule has 5 heteroatoms. The van der Waals surface area contributed by atoms with Gasteiger partial charge in [-0.15, -0.1) is 0 Å². The van der Waals surface area contributed by atoms with Crippen LogP contribution in [0.3, 0.4) is 0 Å². The molecule has 4 aliphatic rings. The second-order valence-corrected chi connectivity index (χ2v) is 8.53. The number of benzene rings is 2. The normalized spacial score (nSPS) is 16.7. The van der Waals surface area contributed by atoms with Gasteiger partial charge < -0.3 is 24.8 Å². The van der Waals surface area contributed by atoms with E-state index >= 15 is 0 Å². The molecule has 0 radical (unpaired) electrons. The molecule has 0 atom stereocenters. The van der Waals surface area contributed by atoms with Crippen LogP contribution in [0.2, 0.25) is 0 Å². The molecule has 0 spiro atoms. The molecule has 0 bridgehead atoms. The van der Waals surface area contributed by atoms with Crippen molar-refractivity contribution in [1.82, 2.24) is 0 Å². The van der Waals surface area contributed by atoms with Crippen molar-refractivity contribution < 1.29 is 51.0 Å². The first kappa shape index (κ1) is 28.9. The zero-order valence-electron chi connectivity index (χ0n) is 20.2. The molecule has 2 heterocycles. The van der Waals surface area contributed by atoms with Crippen LogP contribution in [0.4, 0.5) is 0 Å². The minimum absolute atomic E-state index is 0. The summed E-state index contributed by atoms with van der Waals surface area (Å²) in [5, 5.41) is 0. The van der Waals surface area contributed by atoms with Gasteiger partial charge in [-0.25, -0.2) is 0 Å². The Balaban J connectivity index is 0.000000227. The van der Waals surface area contributed by atoms with Crippen molar-refractivity contribution >= 4 is 22.6 Å². The minimum Gasteiger partial charge on any atom is -1.00 e. The summed E-state index contributed by atoms with van der Waals surface area (Å²) in [4.78, 5) is 9.12. The van der Waals surface area contributed by atoms with E-state index in [0.717, 1.165) is 22.8 Å². The molecule has 0 saturated heterocycles. The van der Waals surface area contributed by atoms with Crippen LogP contribution >= 0.6 is 0 Å². The van der Waals surface area contributed by atoms with E-state index < -0.39 is 0 Å². The Morgan fingerprint density at radius 3 is 1.14 bits per heavy atom. The molecule has 174 valence electrons. The second-order valence-electron chi connectivity index (χ2n) is 8.53. The van der Waals surface area contributed by atoms with Crippen molar-refractivity contribution in [2.24, 2.45) is 9.98 Å². The molecule has 2 aromatic rings. The summed E-state index contributed by atoms with van der Waals surface area (Å²) < 4.78 is 0. The van der Waals surface area contributed by atoms with Gasteiger partial charge in [-0.05, 0) is 85.4 Å². The van der Waals surface area contributed by atoms with Crippen LogP contribution in [0.5, 0.6) is 0 Å². The quantitative estimate of drug-likeness (QED) is 0.519. The maximum Gasteiger partial charge on any atom is 2.00 e. The van der Waals surface area contributed by atoms with E-state index in [-0.39, 0.29) is 51.0 Å². The number of fused-ring (bicyclic) bond motifs is 2. The van der Waals surface area contributed by atoms with E-state index in [4.69, 9.17) is 0 Å². The van der Waals surface area contributed by atoms with Gasteiger partial charge in [-0.1, -0.05) is 60.7 Å². The average molecular weight is 577 g/mol. The smallest absolute Gasteiger partial charge is 1.00 e. The predicted molar refractivity (Wildman–Crippen MR) is 137 cm³/mol. The van der Waals surface area contributed by atoms with E-state index in [1.54, 1.807) is 0 Å². The molecule has 2 aliphatic carbocycles. The minimum atomic E-state index is 0. The van der Waals surface area contributed by atoms with Crippen LogP contribution in [0.25, 0.3) is 11.1 Å². The molecule has 0 fully saturated rings.